The van der Waals surface area contributed by atoms with E-state index in [4.69, 9.17) is 23.7 Å². The standard InChI is InChI=1S/C24H27NO7/c1-14-9-17(26)16(13-25-5-7-31-8-6-25)23-21(14)22(27)18(32-23)10-15-11-19(28-2)24(30-4)20(12-15)29-3/h9-12,26H,5-8,13H2,1-4H3. The molecule has 0 unspecified atom stereocenters. The molecule has 0 saturated carbocycles. The molecule has 4 rings (SSSR count). The normalized spacial score (nSPS) is 17.2. The molecule has 2 aliphatic heterocycles. The van der Waals surface area contributed by atoms with Crippen molar-refractivity contribution in [2.45, 2.75) is 13.5 Å². The minimum Gasteiger partial charge on any atom is -0.872 e. The highest BCUT2D eigenvalue weighted by Gasteiger charge is 2.33. The Labute approximate surface area is 186 Å². The molecule has 2 aromatic rings. The second-order valence-corrected chi connectivity index (χ2v) is 7.81. The highest BCUT2D eigenvalue weighted by molar-refractivity contribution is 6.15. The maximum Gasteiger partial charge on any atom is 0.232 e. The first-order chi connectivity index (χ1) is 15.5. The van der Waals surface area contributed by atoms with Gasteiger partial charge in [0.2, 0.25) is 11.5 Å². The Kier molecular flexibility index (Phi) is 6.25. The molecule has 0 aromatic heterocycles. The zero-order valence-electron chi connectivity index (χ0n) is 18.7. The summed E-state index contributed by atoms with van der Waals surface area (Å²) < 4.78 is 27.6. The van der Waals surface area contributed by atoms with Crippen molar-refractivity contribution in [3.63, 3.8) is 0 Å². The summed E-state index contributed by atoms with van der Waals surface area (Å²) in [6, 6.07) is 5.00. The molecule has 8 heteroatoms. The van der Waals surface area contributed by atoms with Crippen molar-refractivity contribution in [1.82, 2.24) is 0 Å². The van der Waals surface area contributed by atoms with Crippen LogP contribution in [0.3, 0.4) is 0 Å². The molecule has 0 atom stereocenters. The van der Waals surface area contributed by atoms with E-state index in [1.807, 2.05) is 0 Å². The van der Waals surface area contributed by atoms with E-state index in [1.54, 1.807) is 25.1 Å². The average Bonchev–Trinajstić information content (AvgIpc) is 3.12. The number of quaternary nitrogens is 1. The first-order valence-electron chi connectivity index (χ1n) is 10.5. The molecule has 0 spiro atoms. The number of hydrogen-bond acceptors (Lipinski definition) is 7. The van der Waals surface area contributed by atoms with E-state index in [9.17, 15) is 9.90 Å². The van der Waals surface area contributed by atoms with Crippen LogP contribution in [0.5, 0.6) is 28.7 Å². The second kappa shape index (κ2) is 9.10. The topological polar surface area (TPSA) is 90.7 Å². The number of allylic oxidation sites excluding steroid dienone is 1. The molecule has 0 bridgehead atoms. The summed E-state index contributed by atoms with van der Waals surface area (Å²) in [6.07, 6.45) is 1.63. The van der Waals surface area contributed by atoms with Gasteiger partial charge in [-0.3, -0.25) is 4.79 Å². The summed E-state index contributed by atoms with van der Waals surface area (Å²) in [5.41, 5.74) is 2.25. The lowest BCUT2D eigenvalue weighted by Gasteiger charge is -2.26. The van der Waals surface area contributed by atoms with Gasteiger partial charge in [-0.2, -0.15) is 0 Å². The van der Waals surface area contributed by atoms with Crippen LogP contribution < -0.4 is 29.0 Å². The summed E-state index contributed by atoms with van der Waals surface area (Å²) >= 11 is 0. The fourth-order valence-electron chi connectivity index (χ4n) is 4.16. The van der Waals surface area contributed by atoms with Crippen LogP contribution in [-0.4, -0.2) is 53.4 Å². The van der Waals surface area contributed by atoms with Gasteiger partial charge in [0.1, 0.15) is 25.4 Å². The van der Waals surface area contributed by atoms with Crippen LogP contribution >= 0.6 is 0 Å². The number of nitrogens with one attached hydrogen (secondary N) is 1. The van der Waals surface area contributed by atoms with E-state index in [0.717, 1.165) is 13.1 Å². The molecule has 170 valence electrons. The molecular formula is C24H27NO7. The predicted octanol–water partition coefficient (Wildman–Crippen LogP) is 1.13. The number of ketones is 1. The van der Waals surface area contributed by atoms with Crippen LogP contribution in [0.1, 0.15) is 27.0 Å². The lowest BCUT2D eigenvalue weighted by Crippen LogP contribution is -3.12. The molecule has 32 heavy (non-hydrogen) atoms. The molecular weight excluding hydrogens is 414 g/mol. The van der Waals surface area contributed by atoms with E-state index >= 15 is 0 Å². The van der Waals surface area contributed by atoms with Crippen molar-refractivity contribution in [2.24, 2.45) is 0 Å². The summed E-state index contributed by atoms with van der Waals surface area (Å²) in [5.74, 6) is 1.57. The third-order valence-electron chi connectivity index (χ3n) is 5.81. The summed E-state index contributed by atoms with van der Waals surface area (Å²) in [5, 5.41) is 12.8. The van der Waals surface area contributed by atoms with Gasteiger partial charge in [-0.05, 0) is 36.3 Å². The summed E-state index contributed by atoms with van der Waals surface area (Å²) in [6.45, 7) is 5.19. The lowest BCUT2D eigenvalue weighted by atomic mass is 9.99. The monoisotopic (exact) mass is 441 g/mol. The maximum atomic E-state index is 13.2. The van der Waals surface area contributed by atoms with E-state index in [2.05, 4.69) is 0 Å². The molecule has 8 nitrogen and oxygen atoms in total. The molecule has 0 amide bonds. The van der Waals surface area contributed by atoms with Crippen molar-refractivity contribution in [1.29, 1.82) is 0 Å². The number of ether oxygens (including phenoxy) is 5. The minimum atomic E-state index is -0.246. The summed E-state index contributed by atoms with van der Waals surface area (Å²) in [7, 11) is 4.58. The van der Waals surface area contributed by atoms with Crippen LogP contribution in [0.25, 0.3) is 6.08 Å². The Bertz CT molecular complexity index is 1050. The fraction of sp³-hybridized carbons (Fsp3) is 0.375. The Hall–Kier alpha value is -3.23. The Balaban J connectivity index is 1.72. The van der Waals surface area contributed by atoms with Crippen molar-refractivity contribution in [3.05, 3.63) is 46.2 Å². The van der Waals surface area contributed by atoms with E-state index in [0.29, 0.717) is 65.0 Å². The third kappa shape index (κ3) is 3.99. The highest BCUT2D eigenvalue weighted by Crippen LogP contribution is 2.42. The lowest BCUT2D eigenvalue weighted by molar-refractivity contribution is -0.921. The molecule has 1 N–H and O–H groups in total. The number of methoxy groups -OCH3 is 3. The van der Waals surface area contributed by atoms with Gasteiger partial charge in [0.15, 0.2) is 17.3 Å². The third-order valence-corrected chi connectivity index (χ3v) is 5.81. The molecule has 1 saturated heterocycles. The molecule has 2 heterocycles. The predicted molar refractivity (Wildman–Crippen MR) is 115 cm³/mol. The van der Waals surface area contributed by atoms with Crippen molar-refractivity contribution >= 4 is 11.9 Å². The van der Waals surface area contributed by atoms with Gasteiger partial charge in [-0.1, -0.05) is 11.8 Å². The van der Waals surface area contributed by atoms with Crippen molar-refractivity contribution in [3.8, 4) is 28.7 Å². The number of benzene rings is 2. The van der Waals surface area contributed by atoms with Crippen LogP contribution in [0, 0.1) is 6.92 Å². The number of fused-ring (bicyclic) bond motifs is 1. The molecule has 0 radical (unpaired) electrons. The van der Waals surface area contributed by atoms with Crippen LogP contribution in [0.2, 0.25) is 0 Å². The molecule has 2 aromatic carbocycles. The SMILES string of the molecule is COc1cc(C=C2Oc3c(C[NH+]4CCOCC4)c([O-])cc(C)c3C2=O)cc(OC)c1OC. The number of carbonyl (C=O) groups is 1. The fourth-order valence-corrected chi connectivity index (χ4v) is 4.16. The quantitative estimate of drug-likeness (QED) is 0.672. The van der Waals surface area contributed by atoms with E-state index in [1.165, 1.54) is 32.3 Å². The number of Topliss-reactive ketones (excluding diaryl/α,β-unsaturated/α-hetero) is 1. The maximum absolute atomic E-state index is 13.2. The van der Waals surface area contributed by atoms with Gasteiger partial charge in [0.05, 0.1) is 40.1 Å². The van der Waals surface area contributed by atoms with Crippen LogP contribution in [0.4, 0.5) is 0 Å². The number of aryl methyl sites for hydroxylation is 1. The van der Waals surface area contributed by atoms with Gasteiger partial charge in [-0.25, -0.2) is 0 Å². The zero-order valence-corrected chi connectivity index (χ0v) is 18.7. The Morgan fingerprint density at radius 1 is 1.06 bits per heavy atom. The minimum absolute atomic E-state index is 0.109. The molecule has 2 aliphatic rings. The molecule has 0 aliphatic carbocycles. The van der Waals surface area contributed by atoms with E-state index < -0.39 is 0 Å². The van der Waals surface area contributed by atoms with Gasteiger partial charge in [0.25, 0.3) is 0 Å². The number of rotatable bonds is 6. The molecule has 1 fully saturated rings. The van der Waals surface area contributed by atoms with Crippen molar-refractivity contribution < 1.29 is 38.5 Å². The smallest absolute Gasteiger partial charge is 0.232 e. The van der Waals surface area contributed by atoms with Gasteiger partial charge in [0, 0.05) is 5.56 Å². The Morgan fingerprint density at radius 2 is 1.72 bits per heavy atom. The number of hydrogen-bond donors (Lipinski definition) is 1. The van der Waals surface area contributed by atoms with Crippen molar-refractivity contribution in [2.75, 3.05) is 47.6 Å². The number of morpholine rings is 1. The largest absolute Gasteiger partial charge is 0.872 e. The van der Waals surface area contributed by atoms with Gasteiger partial charge >= 0.3 is 0 Å². The second-order valence-electron chi connectivity index (χ2n) is 7.81. The van der Waals surface area contributed by atoms with Gasteiger partial charge in [-0.15, -0.1) is 0 Å². The summed E-state index contributed by atoms with van der Waals surface area (Å²) in [4.78, 5) is 14.4. The van der Waals surface area contributed by atoms with Crippen LogP contribution in [0.15, 0.2) is 24.0 Å². The Morgan fingerprint density at radius 3 is 2.31 bits per heavy atom. The average molecular weight is 441 g/mol. The first-order valence-corrected chi connectivity index (χ1v) is 10.5. The zero-order chi connectivity index (χ0) is 22.8. The first kappa shape index (κ1) is 22.0. The number of carbonyl (C=O) groups excluding carboxylic acids is 1. The highest BCUT2D eigenvalue weighted by atomic mass is 16.5. The van der Waals surface area contributed by atoms with E-state index in [-0.39, 0.29) is 17.3 Å². The van der Waals surface area contributed by atoms with Crippen LogP contribution in [-0.2, 0) is 11.3 Å². The van der Waals surface area contributed by atoms with Gasteiger partial charge < -0.3 is 33.7 Å².